The second-order valence-corrected chi connectivity index (χ2v) is 10.3. The number of amides is 1. The number of aromatic nitrogens is 2. The largest absolute Gasteiger partial charge is 0.339 e. The van der Waals surface area contributed by atoms with Gasteiger partial charge in [0.1, 0.15) is 4.90 Å². The molecule has 0 aliphatic carbocycles. The van der Waals surface area contributed by atoms with Crippen LogP contribution in [0, 0.1) is 12.8 Å². The highest BCUT2D eigenvalue weighted by Gasteiger charge is 2.34. The molecule has 1 fully saturated rings. The Hall–Kier alpha value is -2.75. The van der Waals surface area contributed by atoms with Gasteiger partial charge in [0.2, 0.25) is 27.6 Å². The van der Waals surface area contributed by atoms with Crippen molar-refractivity contribution in [2.75, 3.05) is 18.4 Å². The Bertz CT molecular complexity index is 1270. The van der Waals surface area contributed by atoms with Crippen LogP contribution in [-0.2, 0) is 21.2 Å². The highest BCUT2D eigenvalue weighted by atomic mass is 35.5. The van der Waals surface area contributed by atoms with E-state index in [0.717, 1.165) is 12.0 Å². The number of rotatable bonds is 6. The molecular weight excluding hydrogens is 464 g/mol. The van der Waals surface area contributed by atoms with E-state index in [0.29, 0.717) is 36.5 Å². The maximum absolute atomic E-state index is 13.5. The number of sulfonamides is 1. The minimum atomic E-state index is -3.93. The lowest BCUT2D eigenvalue weighted by molar-refractivity contribution is -0.120. The normalized spacial score (nSPS) is 17.1. The van der Waals surface area contributed by atoms with Crippen molar-refractivity contribution in [2.45, 2.75) is 38.0 Å². The summed E-state index contributed by atoms with van der Waals surface area (Å²) in [6.45, 7) is 4.11. The summed E-state index contributed by atoms with van der Waals surface area (Å²) in [5.41, 5.74) is 2.31. The van der Waals surface area contributed by atoms with Gasteiger partial charge in [0.25, 0.3) is 0 Å². The third-order valence-electron chi connectivity index (χ3n) is 5.69. The number of anilines is 1. The van der Waals surface area contributed by atoms with Gasteiger partial charge in [-0.3, -0.25) is 4.79 Å². The number of carbonyl (C=O) groups is 1. The van der Waals surface area contributed by atoms with E-state index in [4.69, 9.17) is 16.1 Å². The lowest BCUT2D eigenvalue weighted by atomic mass is 9.98. The fraction of sp³-hybridized carbons (Fsp3) is 0.348. The monoisotopic (exact) mass is 488 g/mol. The molecule has 1 aliphatic heterocycles. The van der Waals surface area contributed by atoms with E-state index in [1.54, 1.807) is 13.0 Å². The van der Waals surface area contributed by atoms with Crippen molar-refractivity contribution in [1.29, 1.82) is 0 Å². The molecule has 0 saturated carbocycles. The average molecular weight is 489 g/mol. The summed E-state index contributed by atoms with van der Waals surface area (Å²) in [4.78, 5) is 17.0. The molecule has 0 radical (unpaired) electrons. The minimum absolute atomic E-state index is 0.0409. The van der Waals surface area contributed by atoms with Crippen molar-refractivity contribution in [3.05, 3.63) is 58.9 Å². The zero-order valence-electron chi connectivity index (χ0n) is 18.4. The number of halogens is 1. The lowest BCUT2D eigenvalue weighted by Crippen LogP contribution is -2.43. The minimum Gasteiger partial charge on any atom is -0.339 e. The van der Waals surface area contributed by atoms with Crippen molar-refractivity contribution >= 4 is 33.2 Å². The first-order valence-corrected chi connectivity index (χ1v) is 12.6. The van der Waals surface area contributed by atoms with Crippen LogP contribution >= 0.6 is 11.6 Å². The molecule has 174 valence electrons. The first-order chi connectivity index (χ1) is 15.8. The molecule has 1 aliphatic rings. The molecule has 0 spiro atoms. The van der Waals surface area contributed by atoms with E-state index >= 15 is 0 Å². The molecule has 0 unspecified atom stereocenters. The van der Waals surface area contributed by atoms with Gasteiger partial charge in [0.05, 0.1) is 10.9 Å². The van der Waals surface area contributed by atoms with Crippen LogP contribution in [0.15, 0.2) is 51.9 Å². The van der Waals surface area contributed by atoms with Crippen molar-refractivity contribution in [3.63, 3.8) is 0 Å². The van der Waals surface area contributed by atoms with Crippen LogP contribution in [0.5, 0.6) is 0 Å². The van der Waals surface area contributed by atoms with E-state index in [1.165, 1.54) is 16.4 Å². The Balaban J connectivity index is 1.54. The van der Waals surface area contributed by atoms with Crippen LogP contribution in [0.4, 0.5) is 5.69 Å². The summed E-state index contributed by atoms with van der Waals surface area (Å²) in [6, 6.07) is 12.2. The number of benzene rings is 2. The quantitative estimate of drug-likeness (QED) is 0.554. The molecule has 3 aromatic rings. The second-order valence-electron chi connectivity index (χ2n) is 8.03. The molecule has 1 atom stereocenters. The summed E-state index contributed by atoms with van der Waals surface area (Å²) in [6.07, 6.45) is 2.05. The fourth-order valence-corrected chi connectivity index (χ4v) is 5.91. The molecule has 1 N–H and O–H groups in total. The van der Waals surface area contributed by atoms with Crippen LogP contribution in [0.25, 0.3) is 11.4 Å². The number of carbonyl (C=O) groups excluding carboxylic acids is 1. The van der Waals surface area contributed by atoms with E-state index < -0.39 is 15.9 Å². The first-order valence-electron chi connectivity index (χ1n) is 10.8. The maximum atomic E-state index is 13.5. The summed E-state index contributed by atoms with van der Waals surface area (Å²) in [5.74, 6) is 0.00966. The van der Waals surface area contributed by atoms with Gasteiger partial charge in [-0.1, -0.05) is 35.8 Å². The van der Waals surface area contributed by atoms with Gasteiger partial charge in [-0.2, -0.15) is 9.29 Å². The van der Waals surface area contributed by atoms with Crippen LogP contribution < -0.4 is 5.32 Å². The molecule has 33 heavy (non-hydrogen) atoms. The third kappa shape index (κ3) is 5.10. The number of piperidine rings is 1. The van der Waals surface area contributed by atoms with Crippen molar-refractivity contribution in [3.8, 4) is 11.4 Å². The molecule has 0 bridgehead atoms. The van der Waals surface area contributed by atoms with Gasteiger partial charge < -0.3 is 9.84 Å². The summed E-state index contributed by atoms with van der Waals surface area (Å²) in [7, 11) is -3.93. The Morgan fingerprint density at radius 3 is 2.82 bits per heavy atom. The molecule has 2 heterocycles. The summed E-state index contributed by atoms with van der Waals surface area (Å²) >= 11 is 6.28. The SMILES string of the molecule is CCc1cccc(NC(=O)[C@@H]2CCCN(S(=O)(=O)c3cc(-c4noc(C)n4)ccc3Cl)C2)c1. The Morgan fingerprint density at radius 2 is 2.09 bits per heavy atom. The van der Waals surface area contributed by atoms with Gasteiger partial charge in [0.15, 0.2) is 0 Å². The Labute approximate surface area is 198 Å². The fourth-order valence-electron chi connectivity index (χ4n) is 3.88. The molecule has 8 nitrogen and oxygen atoms in total. The second kappa shape index (κ2) is 9.62. The van der Waals surface area contributed by atoms with Gasteiger partial charge in [-0.05, 0) is 55.2 Å². The van der Waals surface area contributed by atoms with E-state index in [9.17, 15) is 13.2 Å². The third-order valence-corrected chi connectivity index (χ3v) is 8.04. The van der Waals surface area contributed by atoms with E-state index in [2.05, 4.69) is 15.5 Å². The van der Waals surface area contributed by atoms with Crippen molar-refractivity contribution < 1.29 is 17.7 Å². The molecule has 10 heteroatoms. The lowest BCUT2D eigenvalue weighted by Gasteiger charge is -2.31. The van der Waals surface area contributed by atoms with Crippen LogP contribution in [0.1, 0.15) is 31.2 Å². The van der Waals surface area contributed by atoms with Gasteiger partial charge >= 0.3 is 0 Å². The smallest absolute Gasteiger partial charge is 0.244 e. The molecule has 1 aromatic heterocycles. The predicted octanol–water partition coefficient (Wildman–Crippen LogP) is 4.30. The number of nitrogens with zero attached hydrogens (tertiary/aromatic N) is 3. The standard InChI is InChI=1S/C23H25ClN4O4S/c1-3-16-6-4-8-19(12-16)26-23(29)18-7-5-11-28(14-18)33(30,31)21-13-17(9-10-20(21)24)22-25-15(2)32-27-22/h4,6,8-10,12-13,18H,3,5,7,11,14H2,1-2H3,(H,26,29)/t18-/m1/s1. The van der Waals surface area contributed by atoms with Crippen LogP contribution in [0.3, 0.4) is 0 Å². The molecule has 4 rings (SSSR count). The molecule has 1 amide bonds. The number of aryl methyl sites for hydroxylation is 2. The number of hydrogen-bond acceptors (Lipinski definition) is 6. The summed E-state index contributed by atoms with van der Waals surface area (Å²) < 4.78 is 33.2. The van der Waals surface area contributed by atoms with Gasteiger partial charge in [-0.15, -0.1) is 0 Å². The Kier molecular flexibility index (Phi) is 6.83. The van der Waals surface area contributed by atoms with Crippen molar-refractivity contribution in [2.24, 2.45) is 5.92 Å². The predicted molar refractivity (Wildman–Crippen MR) is 125 cm³/mol. The number of nitrogens with one attached hydrogen (secondary N) is 1. The van der Waals surface area contributed by atoms with Gasteiger partial charge in [0, 0.05) is 31.3 Å². The zero-order valence-corrected chi connectivity index (χ0v) is 20.0. The number of hydrogen-bond donors (Lipinski definition) is 1. The van der Waals surface area contributed by atoms with Gasteiger partial charge in [-0.25, -0.2) is 8.42 Å². The van der Waals surface area contributed by atoms with E-state index in [1.807, 2.05) is 31.2 Å². The molecule has 1 saturated heterocycles. The summed E-state index contributed by atoms with van der Waals surface area (Å²) in [5, 5.41) is 6.88. The highest BCUT2D eigenvalue weighted by molar-refractivity contribution is 7.89. The van der Waals surface area contributed by atoms with E-state index in [-0.39, 0.29) is 28.2 Å². The molecule has 2 aromatic carbocycles. The van der Waals surface area contributed by atoms with Crippen molar-refractivity contribution in [1.82, 2.24) is 14.4 Å². The molecular formula is C23H25ClN4O4S. The highest BCUT2D eigenvalue weighted by Crippen LogP contribution is 2.32. The topological polar surface area (TPSA) is 105 Å². The van der Waals surface area contributed by atoms with Crippen LogP contribution in [0.2, 0.25) is 5.02 Å². The maximum Gasteiger partial charge on any atom is 0.244 e. The van der Waals surface area contributed by atoms with Crippen LogP contribution in [-0.4, -0.2) is 41.9 Å². The Morgan fingerprint density at radius 1 is 1.27 bits per heavy atom. The first kappa shape index (κ1) is 23.4. The zero-order chi connectivity index (χ0) is 23.6. The average Bonchev–Trinajstić information content (AvgIpc) is 3.25.